The molecule has 0 atom stereocenters. The summed E-state index contributed by atoms with van der Waals surface area (Å²) in [4.78, 5) is 0. The molecule has 4 rings (SSSR count). The van der Waals surface area contributed by atoms with Crippen LogP contribution in [0.5, 0.6) is 0 Å². The minimum Gasteiger partial charge on any atom is -0.0959 e. The van der Waals surface area contributed by atoms with Crippen molar-refractivity contribution >= 4 is 44.7 Å². The summed E-state index contributed by atoms with van der Waals surface area (Å²) in [6.07, 6.45) is 0.670. The highest BCUT2D eigenvalue weighted by molar-refractivity contribution is 6.49. The van der Waals surface area contributed by atoms with Gasteiger partial charge >= 0.3 is 0 Å². The predicted molar refractivity (Wildman–Crippen MR) is 78.5 cm³/mol. The Kier molecular flexibility index (Phi) is 2.02. The second-order valence-corrected chi connectivity index (χ2v) is 6.35. The molecule has 3 aromatic rings. The van der Waals surface area contributed by atoms with Gasteiger partial charge in [0.1, 0.15) is 4.33 Å². The lowest BCUT2D eigenvalue weighted by Crippen LogP contribution is -2.18. The van der Waals surface area contributed by atoms with Crippen LogP contribution in [0.25, 0.3) is 21.5 Å². The van der Waals surface area contributed by atoms with Crippen molar-refractivity contribution < 1.29 is 0 Å². The van der Waals surface area contributed by atoms with Gasteiger partial charge in [0.2, 0.25) is 0 Å². The number of hydrogen-bond acceptors (Lipinski definition) is 0. The predicted octanol–water partition coefficient (Wildman–Crippen LogP) is 5.18. The third-order valence-electron chi connectivity index (χ3n) is 3.78. The molecular weight excluding hydrogens is 263 g/mol. The van der Waals surface area contributed by atoms with E-state index in [-0.39, 0.29) is 0 Å². The zero-order valence-electron chi connectivity index (χ0n) is 9.58. The van der Waals surface area contributed by atoms with Crippen LogP contribution in [0.3, 0.4) is 0 Å². The van der Waals surface area contributed by atoms with Crippen LogP contribution in [-0.4, -0.2) is 0 Å². The molecule has 0 amide bonds. The number of benzene rings is 3. The second kappa shape index (κ2) is 3.40. The minimum absolute atomic E-state index is 0.670. The fourth-order valence-electron chi connectivity index (χ4n) is 3.02. The highest BCUT2D eigenvalue weighted by Crippen LogP contribution is 2.48. The molecule has 0 radical (unpaired) electrons. The van der Waals surface area contributed by atoms with E-state index >= 15 is 0 Å². The Morgan fingerprint density at radius 3 is 2.22 bits per heavy atom. The molecule has 1 aliphatic rings. The van der Waals surface area contributed by atoms with Crippen LogP contribution in [0.1, 0.15) is 11.1 Å². The Balaban J connectivity index is 2.36. The molecule has 88 valence electrons. The number of hydrogen-bond donors (Lipinski definition) is 0. The van der Waals surface area contributed by atoms with Gasteiger partial charge in [0.25, 0.3) is 0 Å². The molecular formula is C16H10Cl2. The van der Waals surface area contributed by atoms with E-state index < -0.39 is 4.33 Å². The van der Waals surface area contributed by atoms with E-state index in [4.69, 9.17) is 23.2 Å². The molecule has 0 unspecified atom stereocenters. The first-order valence-electron chi connectivity index (χ1n) is 5.98. The van der Waals surface area contributed by atoms with E-state index in [0.29, 0.717) is 6.42 Å². The van der Waals surface area contributed by atoms with E-state index in [0.717, 1.165) is 5.56 Å². The normalized spacial score (nSPS) is 16.6. The summed E-state index contributed by atoms with van der Waals surface area (Å²) in [5.41, 5.74) is 2.27. The number of alkyl halides is 2. The quantitative estimate of drug-likeness (QED) is 0.391. The van der Waals surface area contributed by atoms with Crippen molar-refractivity contribution in [1.82, 2.24) is 0 Å². The van der Waals surface area contributed by atoms with Gasteiger partial charge in [-0.25, -0.2) is 0 Å². The topological polar surface area (TPSA) is 0 Å². The average molecular weight is 273 g/mol. The lowest BCUT2D eigenvalue weighted by Gasteiger charge is -2.28. The summed E-state index contributed by atoms with van der Waals surface area (Å²) < 4.78 is -0.817. The van der Waals surface area contributed by atoms with E-state index in [9.17, 15) is 0 Å². The zero-order chi connectivity index (χ0) is 12.3. The molecule has 0 aliphatic heterocycles. The maximum absolute atomic E-state index is 6.52. The van der Waals surface area contributed by atoms with Crippen LogP contribution in [0.4, 0.5) is 0 Å². The molecule has 0 spiro atoms. The highest BCUT2D eigenvalue weighted by Gasteiger charge is 2.33. The van der Waals surface area contributed by atoms with Gasteiger partial charge < -0.3 is 0 Å². The summed E-state index contributed by atoms with van der Waals surface area (Å²) in [5, 5.41) is 4.98. The van der Waals surface area contributed by atoms with E-state index in [1.54, 1.807) is 0 Å². The Morgan fingerprint density at radius 1 is 0.778 bits per heavy atom. The maximum Gasteiger partial charge on any atom is 0.147 e. The van der Waals surface area contributed by atoms with Gasteiger partial charge in [-0.15, -0.1) is 0 Å². The van der Waals surface area contributed by atoms with E-state index in [2.05, 4.69) is 36.4 Å². The first kappa shape index (κ1) is 10.7. The number of halogens is 2. The fraction of sp³-hybridized carbons (Fsp3) is 0.125. The molecule has 0 bridgehead atoms. The minimum atomic E-state index is -0.817. The summed E-state index contributed by atoms with van der Waals surface area (Å²) in [7, 11) is 0. The van der Waals surface area contributed by atoms with Crippen LogP contribution in [-0.2, 0) is 10.8 Å². The standard InChI is InChI=1S/C16H10Cl2/c17-16(18)9-12-5-1-3-10-7-8-11-4-2-6-13(16)15(11)14(10)12/h1-8H,9H2. The molecule has 0 heterocycles. The molecule has 0 saturated carbocycles. The van der Waals surface area contributed by atoms with Crippen LogP contribution < -0.4 is 0 Å². The van der Waals surface area contributed by atoms with Gasteiger partial charge in [-0.3, -0.25) is 0 Å². The second-order valence-electron chi connectivity index (χ2n) is 4.87. The van der Waals surface area contributed by atoms with Gasteiger partial charge in [0.05, 0.1) is 0 Å². The van der Waals surface area contributed by atoms with Crippen LogP contribution in [0.15, 0.2) is 48.5 Å². The SMILES string of the molecule is ClC1(Cl)Cc2cccc3ccc4cccc1c4c23. The summed E-state index contributed by atoms with van der Waals surface area (Å²) >= 11 is 13.0. The van der Waals surface area contributed by atoms with Gasteiger partial charge in [-0.1, -0.05) is 71.7 Å². The molecule has 0 saturated heterocycles. The third kappa shape index (κ3) is 1.28. The smallest absolute Gasteiger partial charge is 0.0959 e. The Bertz CT molecular complexity index is 788. The monoisotopic (exact) mass is 272 g/mol. The van der Waals surface area contributed by atoms with Crippen molar-refractivity contribution in [2.75, 3.05) is 0 Å². The van der Waals surface area contributed by atoms with Gasteiger partial charge in [0.15, 0.2) is 0 Å². The van der Waals surface area contributed by atoms with Crippen molar-refractivity contribution in [3.63, 3.8) is 0 Å². The highest BCUT2D eigenvalue weighted by atomic mass is 35.5. The molecule has 0 fully saturated rings. The first-order chi connectivity index (χ1) is 8.67. The third-order valence-corrected chi connectivity index (χ3v) is 4.45. The first-order valence-corrected chi connectivity index (χ1v) is 6.74. The van der Waals surface area contributed by atoms with Crippen molar-refractivity contribution in [2.24, 2.45) is 0 Å². The summed E-state index contributed by atoms with van der Waals surface area (Å²) in [6, 6.07) is 16.8. The Hall–Kier alpha value is -1.24. The molecule has 0 aromatic heterocycles. The van der Waals surface area contributed by atoms with Crippen molar-refractivity contribution in [2.45, 2.75) is 10.8 Å². The zero-order valence-corrected chi connectivity index (χ0v) is 11.1. The lowest BCUT2D eigenvalue weighted by atomic mass is 9.86. The molecule has 3 aromatic carbocycles. The van der Waals surface area contributed by atoms with E-state index in [1.807, 2.05) is 12.1 Å². The fourth-order valence-corrected chi connectivity index (χ4v) is 3.62. The average Bonchev–Trinajstić information content (AvgIpc) is 2.36. The van der Waals surface area contributed by atoms with Crippen LogP contribution >= 0.6 is 23.2 Å². The van der Waals surface area contributed by atoms with Crippen molar-refractivity contribution in [3.05, 3.63) is 59.7 Å². The Morgan fingerprint density at radius 2 is 1.44 bits per heavy atom. The van der Waals surface area contributed by atoms with Crippen LogP contribution in [0.2, 0.25) is 0 Å². The molecule has 0 N–H and O–H groups in total. The molecule has 1 aliphatic carbocycles. The van der Waals surface area contributed by atoms with Gasteiger partial charge in [0, 0.05) is 6.42 Å². The van der Waals surface area contributed by atoms with Crippen molar-refractivity contribution in [3.8, 4) is 0 Å². The summed E-state index contributed by atoms with van der Waals surface area (Å²) in [5.74, 6) is 0. The molecule has 18 heavy (non-hydrogen) atoms. The van der Waals surface area contributed by atoms with Gasteiger partial charge in [-0.05, 0) is 32.7 Å². The number of rotatable bonds is 0. The van der Waals surface area contributed by atoms with E-state index in [1.165, 1.54) is 27.1 Å². The lowest BCUT2D eigenvalue weighted by molar-refractivity contribution is 0.842. The van der Waals surface area contributed by atoms with Gasteiger partial charge in [-0.2, -0.15) is 0 Å². The maximum atomic E-state index is 6.52. The molecule has 2 heteroatoms. The Labute approximate surface area is 115 Å². The van der Waals surface area contributed by atoms with Crippen LogP contribution in [0, 0.1) is 0 Å². The largest absolute Gasteiger partial charge is 0.147 e. The summed E-state index contributed by atoms with van der Waals surface area (Å²) in [6.45, 7) is 0. The van der Waals surface area contributed by atoms with Crippen molar-refractivity contribution in [1.29, 1.82) is 0 Å². The molecule has 0 nitrogen and oxygen atoms in total.